The van der Waals surface area contributed by atoms with Gasteiger partial charge in [-0.05, 0) is 52.0 Å². The second-order valence-electron chi connectivity index (χ2n) is 9.37. The van der Waals surface area contributed by atoms with E-state index in [0.29, 0.717) is 11.5 Å². The number of aldehydes is 1. The first kappa shape index (κ1) is 27.3. The molecule has 0 aromatic rings. The molecule has 0 spiro atoms. The van der Waals surface area contributed by atoms with Crippen LogP contribution in [0.5, 0.6) is 0 Å². The molecule has 2 unspecified atom stereocenters. The zero-order valence-electron chi connectivity index (χ0n) is 20.8. The van der Waals surface area contributed by atoms with Crippen molar-refractivity contribution in [3.63, 3.8) is 0 Å². The van der Waals surface area contributed by atoms with E-state index < -0.39 is 0 Å². The molecule has 0 aliphatic heterocycles. The van der Waals surface area contributed by atoms with Crippen LogP contribution in [0.1, 0.15) is 54.9 Å². The Hall–Kier alpha value is -2.71. The zero-order chi connectivity index (χ0) is 24.1. The van der Waals surface area contributed by atoms with Crippen LogP contribution < -0.4 is 0 Å². The van der Waals surface area contributed by atoms with Gasteiger partial charge >= 0.3 is 0 Å². The van der Waals surface area contributed by atoms with Gasteiger partial charge in [-0.1, -0.05) is 115 Å². The Morgan fingerprint density at radius 1 is 0.844 bits per heavy atom. The largest absolute Gasteiger partial charge is 0.389 e. The van der Waals surface area contributed by atoms with E-state index in [9.17, 15) is 9.90 Å². The SMILES string of the molecule is CC1=CC(O)CC(C)(C)C1/C=C/C(C)=C\C=C/C(C)=C/C=C/C=C(C)/C=C/C=C(\C)C=O. The lowest BCUT2D eigenvalue weighted by Gasteiger charge is -2.38. The van der Waals surface area contributed by atoms with Crippen LogP contribution in [0.3, 0.4) is 0 Å². The Kier molecular flexibility index (Phi) is 11.7. The van der Waals surface area contributed by atoms with Gasteiger partial charge < -0.3 is 5.11 Å². The first-order valence-electron chi connectivity index (χ1n) is 11.3. The molecule has 2 atom stereocenters. The Bertz CT molecular complexity index is 908. The number of hydrogen-bond donors (Lipinski definition) is 1. The number of rotatable bonds is 9. The molecule has 1 aliphatic rings. The molecule has 0 aromatic carbocycles. The molecule has 0 saturated heterocycles. The van der Waals surface area contributed by atoms with Gasteiger partial charge in [0.05, 0.1) is 6.10 Å². The van der Waals surface area contributed by atoms with Gasteiger partial charge in [0.15, 0.2) is 0 Å². The van der Waals surface area contributed by atoms with E-state index in [0.717, 1.165) is 18.3 Å². The maximum absolute atomic E-state index is 10.6. The number of carbonyl (C=O) groups excluding carboxylic acids is 1. The van der Waals surface area contributed by atoms with Crippen LogP contribution in [0.15, 0.2) is 107 Å². The lowest BCUT2D eigenvalue weighted by atomic mass is 9.67. The number of allylic oxidation sites excluding steroid dienone is 17. The summed E-state index contributed by atoms with van der Waals surface area (Å²) in [4.78, 5) is 10.6. The van der Waals surface area contributed by atoms with Gasteiger partial charge in [-0.2, -0.15) is 0 Å². The van der Waals surface area contributed by atoms with Crippen molar-refractivity contribution < 1.29 is 9.90 Å². The van der Waals surface area contributed by atoms with E-state index in [1.165, 1.54) is 16.7 Å². The smallest absolute Gasteiger partial charge is 0.145 e. The van der Waals surface area contributed by atoms with Gasteiger partial charge in [-0.15, -0.1) is 0 Å². The third kappa shape index (κ3) is 10.5. The lowest BCUT2D eigenvalue weighted by molar-refractivity contribution is -0.104. The topological polar surface area (TPSA) is 37.3 Å². The minimum absolute atomic E-state index is 0.0598. The van der Waals surface area contributed by atoms with Crippen LogP contribution >= 0.6 is 0 Å². The van der Waals surface area contributed by atoms with Gasteiger partial charge in [-0.3, -0.25) is 4.79 Å². The van der Waals surface area contributed by atoms with Gasteiger partial charge in [0.2, 0.25) is 0 Å². The van der Waals surface area contributed by atoms with Crippen LogP contribution in [-0.2, 0) is 4.79 Å². The predicted octanol–water partition coefficient (Wildman–Crippen LogP) is 7.55. The third-order valence-corrected chi connectivity index (χ3v) is 5.53. The van der Waals surface area contributed by atoms with Gasteiger partial charge in [0, 0.05) is 5.92 Å². The van der Waals surface area contributed by atoms with Crippen molar-refractivity contribution in [2.45, 2.75) is 61.0 Å². The fourth-order valence-electron chi connectivity index (χ4n) is 3.73. The molecule has 0 saturated carbocycles. The summed E-state index contributed by atoms with van der Waals surface area (Å²) >= 11 is 0. The zero-order valence-corrected chi connectivity index (χ0v) is 20.8. The van der Waals surface area contributed by atoms with Gasteiger partial charge in [0.25, 0.3) is 0 Å². The molecule has 0 radical (unpaired) electrons. The molecular formula is C30H40O2. The normalized spacial score (nSPS) is 23.7. The Morgan fingerprint density at radius 2 is 1.31 bits per heavy atom. The molecular weight excluding hydrogens is 392 g/mol. The highest BCUT2D eigenvalue weighted by Crippen LogP contribution is 2.41. The third-order valence-electron chi connectivity index (χ3n) is 5.53. The fraction of sp³-hybridized carbons (Fsp3) is 0.367. The summed E-state index contributed by atoms with van der Waals surface area (Å²) in [7, 11) is 0. The maximum Gasteiger partial charge on any atom is 0.145 e. The Balaban J connectivity index is 2.66. The number of hydrogen-bond acceptors (Lipinski definition) is 2. The van der Waals surface area contributed by atoms with Crippen molar-refractivity contribution in [3.8, 4) is 0 Å². The van der Waals surface area contributed by atoms with Crippen LogP contribution in [0.25, 0.3) is 0 Å². The van der Waals surface area contributed by atoms with Gasteiger partial charge in [0.1, 0.15) is 6.29 Å². The van der Waals surface area contributed by atoms with E-state index in [1.54, 1.807) is 13.0 Å². The maximum atomic E-state index is 10.6. The summed E-state index contributed by atoms with van der Waals surface area (Å²) < 4.78 is 0. The van der Waals surface area contributed by atoms with Crippen molar-refractivity contribution in [2.24, 2.45) is 11.3 Å². The molecule has 32 heavy (non-hydrogen) atoms. The van der Waals surface area contributed by atoms with E-state index in [1.807, 2.05) is 43.4 Å². The highest BCUT2D eigenvalue weighted by atomic mass is 16.3. The molecule has 0 amide bonds. The van der Waals surface area contributed by atoms with Crippen molar-refractivity contribution >= 4 is 6.29 Å². The number of carbonyl (C=O) groups is 1. The molecule has 2 heteroatoms. The molecule has 172 valence electrons. The number of aliphatic hydroxyl groups is 1. The highest BCUT2D eigenvalue weighted by Gasteiger charge is 2.34. The predicted molar refractivity (Wildman–Crippen MR) is 139 cm³/mol. The quantitative estimate of drug-likeness (QED) is 0.177. The van der Waals surface area contributed by atoms with Crippen molar-refractivity contribution in [1.82, 2.24) is 0 Å². The first-order chi connectivity index (χ1) is 15.0. The van der Waals surface area contributed by atoms with Crippen molar-refractivity contribution in [3.05, 3.63) is 107 Å². The van der Waals surface area contributed by atoms with Gasteiger partial charge in [-0.25, -0.2) is 0 Å². The van der Waals surface area contributed by atoms with E-state index in [4.69, 9.17) is 0 Å². The van der Waals surface area contributed by atoms with Crippen LogP contribution in [0, 0.1) is 11.3 Å². The van der Waals surface area contributed by atoms with Crippen molar-refractivity contribution in [2.75, 3.05) is 0 Å². The molecule has 2 nitrogen and oxygen atoms in total. The monoisotopic (exact) mass is 432 g/mol. The minimum Gasteiger partial charge on any atom is -0.389 e. The van der Waals surface area contributed by atoms with E-state index >= 15 is 0 Å². The summed E-state index contributed by atoms with van der Waals surface area (Å²) in [6, 6.07) is 0. The Labute approximate surface area is 195 Å². The first-order valence-corrected chi connectivity index (χ1v) is 11.3. The Morgan fingerprint density at radius 3 is 1.81 bits per heavy atom. The average Bonchev–Trinajstić information content (AvgIpc) is 2.69. The standard InChI is InChI=1S/C30H40O2/c1-23(12-8-9-13-24(2)15-11-17-26(4)22-31)14-10-16-25(3)18-19-29-27(5)20-28(32)21-30(29,6)7/h8-20,22,28-29,32H,21H2,1-7H3/b9-8+,14-10-,15-11+,19-18+,23-12+,24-13+,25-16-,26-17+. The van der Waals surface area contributed by atoms with E-state index in [2.05, 4.69) is 71.1 Å². The summed E-state index contributed by atoms with van der Waals surface area (Å²) in [5.41, 5.74) is 5.49. The average molecular weight is 433 g/mol. The molecule has 0 aromatic heterocycles. The summed E-state index contributed by atoms with van der Waals surface area (Å²) in [6.07, 6.45) is 27.8. The van der Waals surface area contributed by atoms with Crippen LogP contribution in [0.2, 0.25) is 0 Å². The molecule has 1 N–H and O–H groups in total. The van der Waals surface area contributed by atoms with E-state index in [-0.39, 0.29) is 11.5 Å². The summed E-state index contributed by atoms with van der Waals surface area (Å²) in [6.45, 7) is 14.5. The molecule has 1 rings (SSSR count). The summed E-state index contributed by atoms with van der Waals surface area (Å²) in [5.74, 6) is 0.349. The second-order valence-corrected chi connectivity index (χ2v) is 9.37. The fourth-order valence-corrected chi connectivity index (χ4v) is 3.73. The molecule has 1 aliphatic carbocycles. The lowest BCUT2D eigenvalue weighted by Crippen LogP contribution is -2.32. The summed E-state index contributed by atoms with van der Waals surface area (Å²) in [5, 5.41) is 9.99. The molecule has 0 heterocycles. The second kappa shape index (κ2) is 13.6. The number of aliphatic hydroxyl groups excluding tert-OH is 1. The van der Waals surface area contributed by atoms with Crippen molar-refractivity contribution in [1.29, 1.82) is 0 Å². The van der Waals surface area contributed by atoms with Crippen LogP contribution in [0.4, 0.5) is 0 Å². The minimum atomic E-state index is -0.330. The highest BCUT2D eigenvalue weighted by molar-refractivity contribution is 5.72. The molecule has 0 bridgehead atoms. The molecule has 0 fully saturated rings. The van der Waals surface area contributed by atoms with Crippen LogP contribution in [-0.4, -0.2) is 17.5 Å².